The molecule has 0 atom stereocenters. The number of nitrogens with one attached hydrogen (secondary N) is 2. The number of hydrogen-bond donors (Lipinski definition) is 2. The van der Waals surface area contributed by atoms with Crippen LogP contribution in [0.25, 0.3) is 0 Å². The Balaban J connectivity index is 1.68. The zero-order chi connectivity index (χ0) is 22.4. The predicted octanol–water partition coefficient (Wildman–Crippen LogP) is 4.57. The zero-order valence-electron chi connectivity index (χ0n) is 16.3. The number of aryl methyl sites for hydroxylation is 1. The van der Waals surface area contributed by atoms with E-state index >= 15 is 0 Å². The van der Waals surface area contributed by atoms with E-state index in [1.165, 1.54) is 35.6 Å². The van der Waals surface area contributed by atoms with Gasteiger partial charge in [0.05, 0.1) is 22.0 Å². The molecule has 2 amide bonds. The van der Waals surface area contributed by atoms with Crippen molar-refractivity contribution in [3.63, 3.8) is 0 Å². The number of hydrogen-bond acceptors (Lipinski definition) is 5. The Morgan fingerprint density at radius 2 is 1.87 bits per heavy atom. The molecular weight excluding hydrogens is 431 g/mol. The second-order valence-corrected chi connectivity index (χ2v) is 7.53. The van der Waals surface area contributed by atoms with Crippen LogP contribution < -0.4 is 15.4 Å². The molecule has 0 unspecified atom stereocenters. The first-order valence-electron chi connectivity index (χ1n) is 9.10. The third kappa shape index (κ3) is 6.54. The van der Waals surface area contributed by atoms with Crippen LogP contribution in [0.3, 0.4) is 0 Å². The molecule has 6 nitrogen and oxygen atoms in total. The Labute approximate surface area is 180 Å². The van der Waals surface area contributed by atoms with E-state index in [-0.39, 0.29) is 23.4 Å². The molecule has 31 heavy (non-hydrogen) atoms. The summed E-state index contributed by atoms with van der Waals surface area (Å²) in [5, 5.41) is 7.16. The van der Waals surface area contributed by atoms with Crippen LogP contribution >= 0.6 is 11.3 Å². The lowest BCUT2D eigenvalue weighted by atomic mass is 10.1. The van der Waals surface area contributed by atoms with Crippen molar-refractivity contribution in [2.45, 2.75) is 19.7 Å². The molecule has 2 aromatic carbocycles. The number of ether oxygens (including phenoxy) is 1. The van der Waals surface area contributed by atoms with E-state index in [9.17, 15) is 22.8 Å². The van der Waals surface area contributed by atoms with Gasteiger partial charge in [-0.15, -0.1) is 11.3 Å². The molecule has 3 rings (SSSR count). The third-order valence-electron chi connectivity index (χ3n) is 4.02. The maximum Gasteiger partial charge on any atom is 0.405 e. The summed E-state index contributed by atoms with van der Waals surface area (Å²) in [4.78, 5) is 29.1. The van der Waals surface area contributed by atoms with Crippen LogP contribution in [0.5, 0.6) is 5.75 Å². The summed E-state index contributed by atoms with van der Waals surface area (Å²) in [7, 11) is 0. The molecule has 0 saturated heterocycles. The molecule has 0 aliphatic carbocycles. The molecule has 1 aromatic heterocycles. The fraction of sp³-hybridized carbons (Fsp3) is 0.190. The van der Waals surface area contributed by atoms with Crippen molar-refractivity contribution < 1.29 is 27.5 Å². The van der Waals surface area contributed by atoms with Crippen LogP contribution in [0.4, 0.5) is 18.9 Å². The molecule has 0 radical (unpaired) electrons. The number of thiazole rings is 1. The molecule has 0 spiro atoms. The maximum absolute atomic E-state index is 12.6. The fourth-order valence-electron chi connectivity index (χ4n) is 2.62. The van der Waals surface area contributed by atoms with E-state index in [4.69, 9.17) is 4.74 Å². The van der Waals surface area contributed by atoms with Crippen molar-refractivity contribution >= 4 is 28.8 Å². The molecule has 0 aliphatic rings. The zero-order valence-corrected chi connectivity index (χ0v) is 17.1. The molecule has 2 N–H and O–H groups in total. The van der Waals surface area contributed by atoms with Crippen LogP contribution in [0, 0.1) is 6.92 Å². The minimum absolute atomic E-state index is 0.0774. The van der Waals surface area contributed by atoms with Crippen molar-refractivity contribution in [3.05, 3.63) is 75.7 Å². The molecule has 3 aromatic rings. The predicted molar refractivity (Wildman–Crippen MR) is 110 cm³/mol. The summed E-state index contributed by atoms with van der Waals surface area (Å²) in [6.45, 7) is 0.671. The highest BCUT2D eigenvalue weighted by Gasteiger charge is 2.28. The number of rotatable bonds is 7. The Hall–Kier alpha value is -3.40. The number of aromatic nitrogens is 1. The van der Waals surface area contributed by atoms with Crippen molar-refractivity contribution in [2.24, 2.45) is 0 Å². The normalized spacial score (nSPS) is 11.1. The van der Waals surface area contributed by atoms with Crippen molar-refractivity contribution in [1.29, 1.82) is 0 Å². The van der Waals surface area contributed by atoms with Gasteiger partial charge in [-0.2, -0.15) is 13.2 Å². The lowest BCUT2D eigenvalue weighted by Gasteiger charge is -2.13. The summed E-state index contributed by atoms with van der Waals surface area (Å²) in [5.41, 5.74) is 1.05. The van der Waals surface area contributed by atoms with Crippen LogP contribution in [0.15, 0.2) is 53.9 Å². The van der Waals surface area contributed by atoms with Gasteiger partial charge in [0, 0.05) is 10.9 Å². The largest absolute Gasteiger partial charge is 0.487 e. The highest BCUT2D eigenvalue weighted by atomic mass is 32.1. The highest BCUT2D eigenvalue weighted by Crippen LogP contribution is 2.20. The molecule has 0 saturated carbocycles. The number of halogens is 3. The second-order valence-electron chi connectivity index (χ2n) is 6.47. The molecular formula is C21H18F3N3O3S. The first kappa shape index (κ1) is 22.3. The van der Waals surface area contributed by atoms with E-state index in [2.05, 4.69) is 10.3 Å². The van der Waals surface area contributed by atoms with Gasteiger partial charge in [0.15, 0.2) is 0 Å². The van der Waals surface area contributed by atoms with Crippen LogP contribution in [-0.2, 0) is 6.61 Å². The van der Waals surface area contributed by atoms with E-state index in [1.54, 1.807) is 29.6 Å². The number of nitrogens with zero attached hydrogens (tertiary/aromatic N) is 1. The Bertz CT molecular complexity index is 1080. The quantitative estimate of drug-likeness (QED) is 0.554. The monoisotopic (exact) mass is 449 g/mol. The van der Waals surface area contributed by atoms with Gasteiger partial charge in [-0.3, -0.25) is 9.59 Å². The lowest BCUT2D eigenvalue weighted by molar-refractivity contribution is -0.123. The fourth-order valence-corrected chi connectivity index (χ4v) is 3.22. The Kier molecular flexibility index (Phi) is 6.91. The molecule has 1 heterocycles. The van der Waals surface area contributed by atoms with Gasteiger partial charge in [0.1, 0.15) is 18.9 Å². The lowest BCUT2D eigenvalue weighted by Crippen LogP contribution is -2.34. The number of anilines is 1. The summed E-state index contributed by atoms with van der Waals surface area (Å²) in [6.07, 6.45) is -4.54. The van der Waals surface area contributed by atoms with Gasteiger partial charge >= 0.3 is 6.18 Å². The smallest absolute Gasteiger partial charge is 0.405 e. The molecule has 0 aliphatic heterocycles. The number of carbonyl (C=O) groups is 2. The van der Waals surface area contributed by atoms with Crippen LogP contribution in [0.1, 0.15) is 31.4 Å². The SMILES string of the molecule is Cc1nc(COc2cccc(C(=O)Nc3ccccc3C(=O)NCC(F)(F)F)c2)cs1. The number of benzene rings is 2. The van der Waals surface area contributed by atoms with Gasteiger partial charge in [-0.05, 0) is 37.3 Å². The van der Waals surface area contributed by atoms with Crippen molar-refractivity contribution in [2.75, 3.05) is 11.9 Å². The van der Waals surface area contributed by atoms with E-state index in [0.29, 0.717) is 5.75 Å². The number of alkyl halides is 3. The second kappa shape index (κ2) is 9.61. The average Bonchev–Trinajstić information content (AvgIpc) is 3.16. The van der Waals surface area contributed by atoms with Crippen molar-refractivity contribution in [3.8, 4) is 5.75 Å². The topological polar surface area (TPSA) is 80.3 Å². The van der Waals surface area contributed by atoms with Gasteiger partial charge < -0.3 is 15.4 Å². The standard InChI is InChI=1S/C21H18F3N3O3S/c1-13-26-15(11-31-13)10-30-16-6-4-5-14(9-16)19(28)27-18-8-3-2-7-17(18)20(29)25-12-21(22,23)24/h2-9,11H,10,12H2,1H3,(H,25,29)(H,27,28). The van der Waals surface area contributed by atoms with Gasteiger partial charge in [-0.1, -0.05) is 18.2 Å². The number of amides is 2. The first-order chi connectivity index (χ1) is 14.7. The highest BCUT2D eigenvalue weighted by molar-refractivity contribution is 7.09. The Morgan fingerprint density at radius 1 is 1.10 bits per heavy atom. The van der Waals surface area contributed by atoms with E-state index in [1.807, 2.05) is 12.3 Å². The molecule has 0 bridgehead atoms. The number of para-hydroxylation sites is 1. The molecule has 162 valence electrons. The molecule has 10 heteroatoms. The summed E-state index contributed by atoms with van der Waals surface area (Å²) >= 11 is 1.51. The summed E-state index contributed by atoms with van der Waals surface area (Å²) < 4.78 is 42.8. The van der Waals surface area contributed by atoms with E-state index in [0.717, 1.165) is 10.7 Å². The van der Waals surface area contributed by atoms with Gasteiger partial charge in [-0.25, -0.2) is 4.98 Å². The summed E-state index contributed by atoms with van der Waals surface area (Å²) in [6, 6.07) is 12.2. The summed E-state index contributed by atoms with van der Waals surface area (Å²) in [5.74, 6) is -1.02. The van der Waals surface area contributed by atoms with E-state index < -0.39 is 24.5 Å². The van der Waals surface area contributed by atoms with Gasteiger partial charge in [0.25, 0.3) is 11.8 Å². The maximum atomic E-state index is 12.6. The minimum Gasteiger partial charge on any atom is -0.487 e. The first-order valence-corrected chi connectivity index (χ1v) is 9.98. The van der Waals surface area contributed by atoms with Crippen LogP contribution in [0.2, 0.25) is 0 Å². The number of carbonyl (C=O) groups excluding carboxylic acids is 2. The molecule has 0 fully saturated rings. The average molecular weight is 449 g/mol. The minimum atomic E-state index is -4.54. The van der Waals surface area contributed by atoms with Crippen molar-refractivity contribution in [1.82, 2.24) is 10.3 Å². The third-order valence-corrected chi connectivity index (χ3v) is 4.84. The Morgan fingerprint density at radius 3 is 2.58 bits per heavy atom. The van der Waals surface area contributed by atoms with Crippen LogP contribution in [-0.4, -0.2) is 29.5 Å². The van der Waals surface area contributed by atoms with Gasteiger partial charge in [0.2, 0.25) is 0 Å².